The molecule has 0 fully saturated rings. The second kappa shape index (κ2) is 5.89. The molecule has 3 aromatic heterocycles. The van der Waals surface area contributed by atoms with Crippen LogP contribution in [0.2, 0.25) is 5.02 Å². The Morgan fingerprint density at radius 1 is 1.28 bits per heavy atom. The second-order valence-corrected chi connectivity index (χ2v) is 6.32. The van der Waals surface area contributed by atoms with Gasteiger partial charge in [-0.3, -0.25) is 9.20 Å². The number of benzene rings is 1. The topological polar surface area (TPSA) is 72.4 Å². The van der Waals surface area contributed by atoms with Crippen molar-refractivity contribution in [3.63, 3.8) is 0 Å². The van der Waals surface area contributed by atoms with Crippen molar-refractivity contribution in [1.82, 2.24) is 19.9 Å². The number of furan rings is 1. The van der Waals surface area contributed by atoms with E-state index in [9.17, 15) is 4.79 Å². The van der Waals surface area contributed by atoms with Gasteiger partial charge in [-0.15, -0.1) is 10.2 Å². The summed E-state index contributed by atoms with van der Waals surface area (Å²) in [5, 5.41) is 12.6. The first-order valence-corrected chi connectivity index (χ1v) is 8.21. The Labute approximate surface area is 148 Å². The summed E-state index contributed by atoms with van der Waals surface area (Å²) in [6.07, 6.45) is 1.86. The van der Waals surface area contributed by atoms with Gasteiger partial charge < -0.3 is 9.73 Å². The van der Waals surface area contributed by atoms with Crippen LogP contribution in [0.5, 0.6) is 0 Å². The summed E-state index contributed by atoms with van der Waals surface area (Å²) in [6, 6.07) is 10.6. The lowest BCUT2D eigenvalue weighted by Gasteiger charge is -2.11. The van der Waals surface area contributed by atoms with Gasteiger partial charge in [0, 0.05) is 22.2 Å². The highest BCUT2D eigenvalue weighted by atomic mass is 35.5. The van der Waals surface area contributed by atoms with Gasteiger partial charge in [-0.25, -0.2) is 0 Å². The average Bonchev–Trinajstić information content (AvgIpc) is 3.17. The molecule has 0 saturated carbocycles. The number of halogens is 1. The minimum Gasteiger partial charge on any atom is -0.451 e. The van der Waals surface area contributed by atoms with Crippen LogP contribution < -0.4 is 5.32 Å². The van der Waals surface area contributed by atoms with Crippen LogP contribution in [-0.2, 0) is 0 Å². The summed E-state index contributed by atoms with van der Waals surface area (Å²) >= 11 is 6.03. The summed E-state index contributed by atoms with van der Waals surface area (Å²) in [4.78, 5) is 12.7. The number of aromatic nitrogens is 3. The molecule has 0 aliphatic heterocycles. The fraction of sp³-hybridized carbons (Fsp3) is 0.167. The van der Waals surface area contributed by atoms with E-state index in [1.807, 2.05) is 42.6 Å². The van der Waals surface area contributed by atoms with E-state index in [0.717, 1.165) is 16.6 Å². The van der Waals surface area contributed by atoms with Gasteiger partial charge >= 0.3 is 0 Å². The summed E-state index contributed by atoms with van der Waals surface area (Å²) in [6.45, 7) is 3.70. The van der Waals surface area contributed by atoms with Crippen molar-refractivity contribution in [3.8, 4) is 0 Å². The number of carbonyl (C=O) groups excluding carboxylic acids is 1. The molecule has 0 aliphatic carbocycles. The molecule has 25 heavy (non-hydrogen) atoms. The number of rotatable bonds is 3. The maximum atomic E-state index is 12.7. The van der Waals surface area contributed by atoms with Gasteiger partial charge in [0.1, 0.15) is 5.58 Å². The summed E-state index contributed by atoms with van der Waals surface area (Å²) in [5.74, 6) is 0.628. The van der Waals surface area contributed by atoms with E-state index in [-0.39, 0.29) is 17.7 Å². The van der Waals surface area contributed by atoms with Crippen molar-refractivity contribution in [2.45, 2.75) is 19.9 Å². The molecule has 1 amide bonds. The second-order valence-electron chi connectivity index (χ2n) is 5.88. The molecule has 7 heteroatoms. The number of nitrogens with one attached hydrogen (secondary N) is 1. The van der Waals surface area contributed by atoms with E-state index in [1.54, 1.807) is 18.2 Å². The average molecular weight is 355 g/mol. The largest absolute Gasteiger partial charge is 0.451 e. The molecule has 0 spiro atoms. The molecular formula is C18H15ClN4O2. The van der Waals surface area contributed by atoms with Crippen LogP contribution >= 0.6 is 11.6 Å². The first-order chi connectivity index (χ1) is 12.0. The van der Waals surface area contributed by atoms with E-state index >= 15 is 0 Å². The van der Waals surface area contributed by atoms with Crippen LogP contribution in [-0.4, -0.2) is 20.5 Å². The lowest BCUT2D eigenvalue weighted by atomic mass is 10.1. The first kappa shape index (κ1) is 15.7. The van der Waals surface area contributed by atoms with Gasteiger partial charge in [0.25, 0.3) is 5.91 Å². The maximum absolute atomic E-state index is 12.7. The third-order valence-electron chi connectivity index (χ3n) is 4.18. The maximum Gasteiger partial charge on any atom is 0.287 e. The molecule has 1 atom stereocenters. The highest BCUT2D eigenvalue weighted by Crippen LogP contribution is 2.28. The van der Waals surface area contributed by atoms with Crippen molar-refractivity contribution in [2.24, 2.45) is 0 Å². The molecule has 3 heterocycles. The number of hydrogen-bond donors (Lipinski definition) is 1. The van der Waals surface area contributed by atoms with Gasteiger partial charge in [-0.1, -0.05) is 17.7 Å². The fourth-order valence-corrected chi connectivity index (χ4v) is 3.06. The van der Waals surface area contributed by atoms with Crippen LogP contribution in [0.1, 0.15) is 34.9 Å². The lowest BCUT2D eigenvalue weighted by molar-refractivity contribution is 0.0911. The standard InChI is InChI=1S/C18H15ClN4O2/c1-10-13-9-12(19)6-7-14(13)25-16(10)18(24)20-11(2)17-22-21-15-5-3-4-8-23(15)17/h3-9,11H,1-2H3,(H,20,24)/t11-/m0/s1. The molecule has 0 saturated heterocycles. The smallest absolute Gasteiger partial charge is 0.287 e. The van der Waals surface area contributed by atoms with Crippen LogP contribution in [0, 0.1) is 6.92 Å². The van der Waals surface area contributed by atoms with E-state index in [2.05, 4.69) is 15.5 Å². The van der Waals surface area contributed by atoms with Crippen LogP contribution in [0.15, 0.2) is 47.0 Å². The van der Waals surface area contributed by atoms with Crippen molar-refractivity contribution in [1.29, 1.82) is 0 Å². The van der Waals surface area contributed by atoms with Crippen molar-refractivity contribution in [2.75, 3.05) is 0 Å². The Hall–Kier alpha value is -2.86. The van der Waals surface area contributed by atoms with Crippen molar-refractivity contribution in [3.05, 3.63) is 64.8 Å². The van der Waals surface area contributed by atoms with Crippen molar-refractivity contribution < 1.29 is 9.21 Å². The summed E-state index contributed by atoms with van der Waals surface area (Å²) in [5.41, 5.74) is 2.12. The Bertz CT molecular complexity index is 1100. The summed E-state index contributed by atoms with van der Waals surface area (Å²) < 4.78 is 7.55. The normalized spacial score (nSPS) is 12.6. The quantitative estimate of drug-likeness (QED) is 0.605. The SMILES string of the molecule is Cc1c(C(=O)N[C@@H](C)c2nnc3ccccn23)oc2ccc(Cl)cc12. The van der Waals surface area contributed by atoms with E-state index in [0.29, 0.717) is 16.4 Å². The minimum absolute atomic E-state index is 0.276. The van der Waals surface area contributed by atoms with Gasteiger partial charge in [0.15, 0.2) is 17.2 Å². The molecule has 0 bridgehead atoms. The van der Waals surface area contributed by atoms with Crippen LogP contribution in [0.3, 0.4) is 0 Å². The molecule has 0 aliphatic rings. The van der Waals surface area contributed by atoms with Gasteiger partial charge in [-0.05, 0) is 44.2 Å². The molecule has 4 aromatic rings. The molecule has 0 unspecified atom stereocenters. The Balaban J connectivity index is 1.64. The van der Waals surface area contributed by atoms with Crippen LogP contribution in [0.4, 0.5) is 0 Å². The number of fused-ring (bicyclic) bond motifs is 2. The number of pyridine rings is 1. The third-order valence-corrected chi connectivity index (χ3v) is 4.41. The predicted molar refractivity (Wildman–Crippen MR) is 94.8 cm³/mol. The zero-order valence-corrected chi connectivity index (χ0v) is 14.4. The Morgan fingerprint density at radius 3 is 2.96 bits per heavy atom. The van der Waals surface area contributed by atoms with E-state index in [4.69, 9.17) is 16.0 Å². The fourth-order valence-electron chi connectivity index (χ4n) is 2.89. The Kier molecular flexibility index (Phi) is 3.69. The number of nitrogens with zero attached hydrogens (tertiary/aromatic N) is 3. The number of aryl methyl sites for hydroxylation is 1. The molecular weight excluding hydrogens is 340 g/mol. The highest BCUT2D eigenvalue weighted by Gasteiger charge is 2.22. The monoisotopic (exact) mass is 354 g/mol. The Morgan fingerprint density at radius 2 is 2.12 bits per heavy atom. The lowest BCUT2D eigenvalue weighted by Crippen LogP contribution is -2.28. The first-order valence-electron chi connectivity index (χ1n) is 7.84. The zero-order valence-electron chi connectivity index (χ0n) is 13.7. The molecule has 6 nitrogen and oxygen atoms in total. The molecule has 126 valence electrons. The molecule has 1 N–H and O–H groups in total. The van der Waals surface area contributed by atoms with E-state index < -0.39 is 0 Å². The van der Waals surface area contributed by atoms with Crippen molar-refractivity contribution >= 4 is 34.1 Å². The van der Waals surface area contributed by atoms with Gasteiger partial charge in [0.05, 0.1) is 6.04 Å². The van der Waals surface area contributed by atoms with E-state index in [1.165, 1.54) is 0 Å². The summed E-state index contributed by atoms with van der Waals surface area (Å²) in [7, 11) is 0. The van der Waals surface area contributed by atoms with Gasteiger partial charge in [-0.2, -0.15) is 0 Å². The number of hydrogen-bond acceptors (Lipinski definition) is 4. The molecule has 1 aromatic carbocycles. The third kappa shape index (κ3) is 2.64. The number of carbonyl (C=O) groups is 1. The zero-order chi connectivity index (χ0) is 17.6. The number of amides is 1. The van der Waals surface area contributed by atoms with Crippen LogP contribution in [0.25, 0.3) is 16.6 Å². The molecule has 4 rings (SSSR count). The van der Waals surface area contributed by atoms with Gasteiger partial charge in [0.2, 0.25) is 0 Å². The predicted octanol–water partition coefficient (Wildman–Crippen LogP) is 3.93. The minimum atomic E-state index is -0.332. The highest BCUT2D eigenvalue weighted by molar-refractivity contribution is 6.31. The molecule has 0 radical (unpaired) electrons.